The SMILES string of the molecule is COc1ccc(C(NC(=O)NCCn2cc(C(C)=O)c3ccccc32)C(C)C)cc1. The molecule has 1 aromatic heterocycles. The maximum atomic E-state index is 12.5. The molecule has 0 radical (unpaired) electrons. The van der Waals surface area contributed by atoms with Crippen LogP contribution in [0.5, 0.6) is 5.75 Å². The van der Waals surface area contributed by atoms with Crippen LogP contribution in [0.15, 0.2) is 54.7 Å². The standard InChI is InChI=1S/C24H29N3O3/c1-16(2)23(18-9-11-19(30-4)12-10-18)26-24(29)25-13-14-27-15-21(17(3)28)20-7-5-6-8-22(20)27/h5-12,15-16,23H,13-14H2,1-4H3,(H2,25,26,29). The lowest BCUT2D eigenvalue weighted by Crippen LogP contribution is -2.40. The van der Waals surface area contributed by atoms with Crippen LogP contribution in [0.3, 0.4) is 0 Å². The number of methoxy groups -OCH3 is 1. The van der Waals surface area contributed by atoms with Gasteiger partial charge in [0.15, 0.2) is 5.78 Å². The van der Waals surface area contributed by atoms with Crippen LogP contribution in [-0.4, -0.2) is 30.0 Å². The van der Waals surface area contributed by atoms with Gasteiger partial charge in [-0.3, -0.25) is 4.79 Å². The molecule has 1 atom stereocenters. The molecule has 6 nitrogen and oxygen atoms in total. The number of hydrogen-bond acceptors (Lipinski definition) is 3. The van der Waals surface area contributed by atoms with Gasteiger partial charge in [0.25, 0.3) is 0 Å². The summed E-state index contributed by atoms with van der Waals surface area (Å²) in [6.45, 7) is 6.75. The van der Waals surface area contributed by atoms with Crippen LogP contribution in [-0.2, 0) is 6.54 Å². The lowest BCUT2D eigenvalue weighted by molar-refractivity contribution is 0.101. The van der Waals surface area contributed by atoms with Crippen molar-refractivity contribution in [1.29, 1.82) is 0 Å². The normalized spacial score (nSPS) is 12.0. The number of fused-ring (bicyclic) bond motifs is 1. The number of Topliss-reactive ketones (excluding diaryl/α,β-unsaturated/α-hetero) is 1. The molecule has 2 aromatic carbocycles. The predicted molar refractivity (Wildman–Crippen MR) is 119 cm³/mol. The second-order valence-corrected chi connectivity index (χ2v) is 7.70. The van der Waals surface area contributed by atoms with Crippen molar-refractivity contribution in [3.8, 4) is 5.75 Å². The summed E-state index contributed by atoms with van der Waals surface area (Å²) < 4.78 is 7.22. The van der Waals surface area contributed by atoms with Crippen molar-refractivity contribution in [3.05, 3.63) is 65.9 Å². The van der Waals surface area contributed by atoms with E-state index in [2.05, 4.69) is 24.5 Å². The first-order valence-corrected chi connectivity index (χ1v) is 10.2. The third-order valence-electron chi connectivity index (χ3n) is 5.23. The fourth-order valence-corrected chi connectivity index (χ4v) is 3.64. The van der Waals surface area contributed by atoms with Gasteiger partial charge in [-0.1, -0.05) is 44.2 Å². The third kappa shape index (κ3) is 4.82. The molecule has 30 heavy (non-hydrogen) atoms. The molecule has 2 amide bonds. The van der Waals surface area contributed by atoms with Crippen molar-refractivity contribution in [1.82, 2.24) is 15.2 Å². The Morgan fingerprint density at radius 3 is 2.40 bits per heavy atom. The van der Waals surface area contributed by atoms with E-state index in [1.807, 2.05) is 59.3 Å². The van der Waals surface area contributed by atoms with Crippen LogP contribution < -0.4 is 15.4 Å². The van der Waals surface area contributed by atoms with Crippen molar-refractivity contribution < 1.29 is 14.3 Å². The molecule has 0 aliphatic rings. The minimum Gasteiger partial charge on any atom is -0.497 e. The number of ketones is 1. The summed E-state index contributed by atoms with van der Waals surface area (Å²) >= 11 is 0. The van der Waals surface area contributed by atoms with Gasteiger partial charge in [0, 0.05) is 35.8 Å². The summed E-state index contributed by atoms with van der Waals surface area (Å²) in [5, 5.41) is 6.93. The molecule has 158 valence electrons. The van der Waals surface area contributed by atoms with Crippen LogP contribution >= 0.6 is 0 Å². The van der Waals surface area contributed by atoms with E-state index < -0.39 is 0 Å². The van der Waals surface area contributed by atoms with Crippen LogP contribution in [0.2, 0.25) is 0 Å². The number of nitrogens with zero attached hydrogens (tertiary/aromatic N) is 1. The first kappa shape index (κ1) is 21.4. The number of carbonyl (C=O) groups is 2. The summed E-state index contributed by atoms with van der Waals surface area (Å²) in [5.74, 6) is 1.06. The molecule has 0 fully saturated rings. The number of aromatic nitrogens is 1. The van der Waals surface area contributed by atoms with Crippen molar-refractivity contribution >= 4 is 22.7 Å². The highest BCUT2D eigenvalue weighted by molar-refractivity contribution is 6.06. The maximum Gasteiger partial charge on any atom is 0.315 e. The zero-order valence-electron chi connectivity index (χ0n) is 17.9. The number of para-hydroxylation sites is 1. The number of hydrogen-bond donors (Lipinski definition) is 2. The summed E-state index contributed by atoms with van der Waals surface area (Å²) in [6, 6.07) is 15.2. The van der Waals surface area contributed by atoms with Gasteiger partial charge >= 0.3 is 6.03 Å². The Morgan fingerprint density at radius 2 is 1.77 bits per heavy atom. The second kappa shape index (κ2) is 9.48. The number of rotatable bonds is 8. The van der Waals surface area contributed by atoms with Crippen molar-refractivity contribution in [2.24, 2.45) is 5.92 Å². The molecule has 2 N–H and O–H groups in total. The average Bonchev–Trinajstić information content (AvgIpc) is 3.11. The van der Waals surface area contributed by atoms with E-state index in [9.17, 15) is 9.59 Å². The number of nitrogens with one attached hydrogen (secondary N) is 2. The molecule has 1 heterocycles. The Balaban J connectivity index is 1.62. The molecule has 0 bridgehead atoms. The van der Waals surface area contributed by atoms with Crippen molar-refractivity contribution in [2.45, 2.75) is 33.4 Å². The number of ether oxygens (including phenoxy) is 1. The summed E-state index contributed by atoms with van der Waals surface area (Å²) in [4.78, 5) is 24.4. The van der Waals surface area contributed by atoms with Gasteiger partial charge < -0.3 is 19.9 Å². The Labute approximate surface area is 177 Å². The van der Waals surface area contributed by atoms with E-state index >= 15 is 0 Å². The topological polar surface area (TPSA) is 72.4 Å². The summed E-state index contributed by atoms with van der Waals surface area (Å²) in [7, 11) is 1.63. The smallest absolute Gasteiger partial charge is 0.315 e. The summed E-state index contributed by atoms with van der Waals surface area (Å²) in [6.07, 6.45) is 1.86. The highest BCUT2D eigenvalue weighted by Crippen LogP contribution is 2.24. The number of benzene rings is 2. The van der Waals surface area contributed by atoms with Gasteiger partial charge in [-0.2, -0.15) is 0 Å². The summed E-state index contributed by atoms with van der Waals surface area (Å²) in [5.41, 5.74) is 2.72. The zero-order chi connectivity index (χ0) is 21.7. The average molecular weight is 408 g/mol. The zero-order valence-corrected chi connectivity index (χ0v) is 17.9. The van der Waals surface area contributed by atoms with Gasteiger partial charge in [0.05, 0.1) is 13.2 Å². The monoisotopic (exact) mass is 407 g/mol. The highest BCUT2D eigenvalue weighted by Gasteiger charge is 2.18. The molecule has 0 saturated carbocycles. The number of amides is 2. The lowest BCUT2D eigenvalue weighted by atomic mass is 9.96. The predicted octanol–water partition coefficient (Wildman–Crippen LogP) is 4.55. The quantitative estimate of drug-likeness (QED) is 0.538. The first-order chi connectivity index (χ1) is 14.4. The minimum absolute atomic E-state index is 0.0370. The lowest BCUT2D eigenvalue weighted by Gasteiger charge is -2.23. The van der Waals surface area contributed by atoms with Gasteiger partial charge in [0.2, 0.25) is 0 Å². The number of urea groups is 1. The molecule has 1 unspecified atom stereocenters. The van der Waals surface area contributed by atoms with E-state index in [-0.39, 0.29) is 23.8 Å². The Morgan fingerprint density at radius 1 is 1.07 bits per heavy atom. The van der Waals surface area contributed by atoms with E-state index in [1.54, 1.807) is 14.0 Å². The van der Waals surface area contributed by atoms with Crippen molar-refractivity contribution in [2.75, 3.05) is 13.7 Å². The van der Waals surface area contributed by atoms with Gasteiger partial charge in [0.1, 0.15) is 5.75 Å². The molecule has 0 spiro atoms. The first-order valence-electron chi connectivity index (χ1n) is 10.2. The molecule has 0 saturated heterocycles. The maximum absolute atomic E-state index is 12.5. The largest absolute Gasteiger partial charge is 0.497 e. The van der Waals surface area contributed by atoms with Crippen LogP contribution in [0.25, 0.3) is 10.9 Å². The van der Waals surface area contributed by atoms with Crippen LogP contribution in [0.4, 0.5) is 4.79 Å². The van der Waals surface area contributed by atoms with E-state index in [0.29, 0.717) is 18.7 Å². The Hall–Kier alpha value is -3.28. The molecular weight excluding hydrogens is 378 g/mol. The van der Waals surface area contributed by atoms with Crippen molar-refractivity contribution in [3.63, 3.8) is 0 Å². The van der Waals surface area contributed by atoms with Crippen LogP contribution in [0.1, 0.15) is 42.7 Å². The molecule has 0 aliphatic carbocycles. The highest BCUT2D eigenvalue weighted by atomic mass is 16.5. The molecular formula is C24H29N3O3. The van der Waals surface area contributed by atoms with E-state index in [0.717, 1.165) is 22.2 Å². The fourth-order valence-electron chi connectivity index (χ4n) is 3.64. The third-order valence-corrected chi connectivity index (χ3v) is 5.23. The van der Waals surface area contributed by atoms with Gasteiger partial charge in [-0.15, -0.1) is 0 Å². The molecule has 3 aromatic rings. The molecule has 6 heteroatoms. The fraction of sp³-hybridized carbons (Fsp3) is 0.333. The second-order valence-electron chi connectivity index (χ2n) is 7.70. The Bertz CT molecular complexity index is 1020. The Kier molecular flexibility index (Phi) is 6.77. The van der Waals surface area contributed by atoms with Gasteiger partial charge in [-0.05, 0) is 36.6 Å². The number of carbonyl (C=O) groups excluding carboxylic acids is 2. The van der Waals surface area contributed by atoms with E-state index in [1.165, 1.54) is 0 Å². The minimum atomic E-state index is -0.215. The molecule has 0 aliphatic heterocycles. The molecule has 3 rings (SSSR count). The van der Waals surface area contributed by atoms with Gasteiger partial charge in [-0.25, -0.2) is 4.79 Å². The van der Waals surface area contributed by atoms with Crippen LogP contribution in [0, 0.1) is 5.92 Å². The van der Waals surface area contributed by atoms with E-state index in [4.69, 9.17) is 4.74 Å².